The van der Waals surface area contributed by atoms with Crippen LogP contribution < -0.4 is 4.74 Å². The van der Waals surface area contributed by atoms with Crippen LogP contribution in [0.3, 0.4) is 0 Å². The monoisotopic (exact) mass is 206 g/mol. The third kappa shape index (κ3) is 1.39. The lowest BCUT2D eigenvalue weighted by atomic mass is 9.86. The Balaban J connectivity index is 2.41. The van der Waals surface area contributed by atoms with Crippen LogP contribution in [0.15, 0.2) is 24.3 Å². The lowest BCUT2D eigenvalue weighted by Gasteiger charge is -2.27. The summed E-state index contributed by atoms with van der Waals surface area (Å²) >= 11 is 0. The van der Waals surface area contributed by atoms with Gasteiger partial charge in [-0.2, -0.15) is 0 Å². The molecule has 1 N–H and O–H groups in total. The zero-order chi connectivity index (χ0) is 11.1. The largest absolute Gasteiger partial charge is 0.478 e. The van der Waals surface area contributed by atoms with Crippen molar-refractivity contribution in [3.05, 3.63) is 29.8 Å². The topological polar surface area (TPSA) is 46.5 Å². The summed E-state index contributed by atoms with van der Waals surface area (Å²) in [5, 5.41) is 9.28. The Kier molecular flexibility index (Phi) is 2.18. The van der Waals surface area contributed by atoms with Crippen LogP contribution in [-0.2, 0) is 11.2 Å². The van der Waals surface area contributed by atoms with E-state index in [2.05, 4.69) is 0 Å². The predicted molar refractivity (Wildman–Crippen MR) is 56.0 cm³/mol. The van der Waals surface area contributed by atoms with Gasteiger partial charge in [0.2, 0.25) is 5.60 Å². The fourth-order valence-electron chi connectivity index (χ4n) is 1.95. The first-order valence-corrected chi connectivity index (χ1v) is 5.06. The minimum absolute atomic E-state index is 0.0533. The van der Waals surface area contributed by atoms with Crippen LogP contribution in [0.25, 0.3) is 0 Å². The number of carbonyl (C=O) groups is 1. The van der Waals surface area contributed by atoms with Gasteiger partial charge in [0.25, 0.3) is 0 Å². The molecule has 0 saturated carbocycles. The van der Waals surface area contributed by atoms with Crippen LogP contribution in [0.2, 0.25) is 0 Å². The van der Waals surface area contributed by atoms with E-state index in [9.17, 15) is 9.90 Å². The summed E-state index contributed by atoms with van der Waals surface area (Å²) in [5.41, 5.74) is -0.0995. The van der Waals surface area contributed by atoms with Crippen LogP contribution in [0, 0.1) is 5.92 Å². The van der Waals surface area contributed by atoms with E-state index in [1.807, 2.05) is 38.1 Å². The second-order valence-corrected chi connectivity index (χ2v) is 4.24. The predicted octanol–water partition coefficient (Wildman–Crippen LogP) is 2.10. The van der Waals surface area contributed by atoms with E-state index in [1.54, 1.807) is 0 Å². The molecule has 3 heteroatoms. The lowest BCUT2D eigenvalue weighted by molar-refractivity contribution is -0.157. The van der Waals surface area contributed by atoms with Gasteiger partial charge in [0.15, 0.2) is 0 Å². The third-order valence-electron chi connectivity index (χ3n) is 3.01. The number of fused-ring (bicyclic) bond motifs is 1. The normalized spacial score (nSPS) is 23.7. The van der Waals surface area contributed by atoms with E-state index >= 15 is 0 Å². The molecule has 1 aromatic carbocycles. The second-order valence-electron chi connectivity index (χ2n) is 4.24. The first kappa shape index (κ1) is 10.0. The number of ether oxygens (including phenoxy) is 1. The second kappa shape index (κ2) is 3.26. The Labute approximate surface area is 88.7 Å². The highest BCUT2D eigenvalue weighted by Crippen LogP contribution is 2.39. The van der Waals surface area contributed by atoms with Crippen molar-refractivity contribution in [1.29, 1.82) is 0 Å². The molecule has 80 valence electrons. The third-order valence-corrected chi connectivity index (χ3v) is 3.01. The Morgan fingerprint density at radius 1 is 1.47 bits per heavy atom. The van der Waals surface area contributed by atoms with Gasteiger partial charge in [-0.05, 0) is 11.6 Å². The molecular weight excluding hydrogens is 192 g/mol. The summed E-state index contributed by atoms with van der Waals surface area (Å²) in [7, 11) is 0. The molecule has 0 bridgehead atoms. The lowest BCUT2D eigenvalue weighted by Crippen LogP contribution is -2.48. The van der Waals surface area contributed by atoms with Gasteiger partial charge in [-0.3, -0.25) is 0 Å². The summed E-state index contributed by atoms with van der Waals surface area (Å²) in [4.78, 5) is 11.3. The molecule has 0 fully saturated rings. The molecule has 2 rings (SSSR count). The smallest absolute Gasteiger partial charge is 0.348 e. The quantitative estimate of drug-likeness (QED) is 0.806. The van der Waals surface area contributed by atoms with Crippen molar-refractivity contribution in [3.8, 4) is 5.75 Å². The van der Waals surface area contributed by atoms with Gasteiger partial charge in [-0.25, -0.2) is 4.79 Å². The molecule has 1 aliphatic heterocycles. The van der Waals surface area contributed by atoms with Crippen LogP contribution in [0.1, 0.15) is 19.4 Å². The maximum absolute atomic E-state index is 11.3. The molecular formula is C12H14O3. The fraction of sp³-hybridized carbons (Fsp3) is 0.417. The molecule has 1 aliphatic rings. The molecule has 1 atom stereocenters. The molecule has 0 aliphatic carbocycles. The molecule has 1 aromatic rings. The van der Waals surface area contributed by atoms with Crippen molar-refractivity contribution in [2.24, 2.45) is 5.92 Å². The number of carboxylic acids is 1. The SMILES string of the molecule is CC(C)[C@]1(C(=O)O)Cc2ccccc2O1. The Morgan fingerprint density at radius 3 is 2.67 bits per heavy atom. The van der Waals surface area contributed by atoms with Gasteiger partial charge in [0.1, 0.15) is 5.75 Å². The average Bonchev–Trinajstić information content (AvgIpc) is 2.57. The molecule has 15 heavy (non-hydrogen) atoms. The van der Waals surface area contributed by atoms with Crippen LogP contribution >= 0.6 is 0 Å². The zero-order valence-electron chi connectivity index (χ0n) is 8.86. The summed E-state index contributed by atoms with van der Waals surface area (Å²) in [6.07, 6.45) is 0.455. The van der Waals surface area contributed by atoms with Gasteiger partial charge < -0.3 is 9.84 Å². The number of hydrogen-bond donors (Lipinski definition) is 1. The van der Waals surface area contributed by atoms with E-state index < -0.39 is 11.6 Å². The van der Waals surface area contributed by atoms with Crippen molar-refractivity contribution in [2.45, 2.75) is 25.9 Å². The number of carboxylic acid groups (broad SMARTS) is 1. The highest BCUT2D eigenvalue weighted by Gasteiger charge is 2.49. The highest BCUT2D eigenvalue weighted by atomic mass is 16.5. The van der Waals surface area contributed by atoms with Crippen molar-refractivity contribution in [2.75, 3.05) is 0 Å². The fourth-order valence-corrected chi connectivity index (χ4v) is 1.95. The number of rotatable bonds is 2. The molecule has 0 spiro atoms. The van der Waals surface area contributed by atoms with Crippen molar-refractivity contribution >= 4 is 5.97 Å². The maximum atomic E-state index is 11.3. The summed E-state index contributed by atoms with van der Waals surface area (Å²) in [5.74, 6) is -0.232. The Morgan fingerprint density at radius 2 is 2.13 bits per heavy atom. The first-order chi connectivity index (χ1) is 7.06. The van der Waals surface area contributed by atoms with Crippen LogP contribution in [0.5, 0.6) is 5.75 Å². The first-order valence-electron chi connectivity index (χ1n) is 5.06. The zero-order valence-corrected chi connectivity index (χ0v) is 8.86. The van der Waals surface area contributed by atoms with E-state index in [4.69, 9.17) is 4.74 Å². The number of hydrogen-bond acceptors (Lipinski definition) is 2. The van der Waals surface area contributed by atoms with Gasteiger partial charge in [-0.1, -0.05) is 32.0 Å². The average molecular weight is 206 g/mol. The summed E-state index contributed by atoms with van der Waals surface area (Å²) in [6, 6.07) is 7.50. The van der Waals surface area contributed by atoms with Gasteiger partial charge in [0, 0.05) is 12.3 Å². The van der Waals surface area contributed by atoms with E-state index in [1.165, 1.54) is 0 Å². The van der Waals surface area contributed by atoms with Crippen LogP contribution in [0.4, 0.5) is 0 Å². The summed E-state index contributed by atoms with van der Waals surface area (Å²) < 4.78 is 5.62. The molecule has 0 amide bonds. The van der Waals surface area contributed by atoms with Crippen molar-refractivity contribution in [3.63, 3.8) is 0 Å². The molecule has 1 heterocycles. The van der Waals surface area contributed by atoms with E-state index in [0.29, 0.717) is 12.2 Å². The van der Waals surface area contributed by atoms with Gasteiger partial charge in [0.05, 0.1) is 0 Å². The van der Waals surface area contributed by atoms with E-state index in [-0.39, 0.29) is 5.92 Å². The molecule has 0 saturated heterocycles. The highest BCUT2D eigenvalue weighted by molar-refractivity contribution is 5.80. The summed E-state index contributed by atoms with van der Waals surface area (Å²) in [6.45, 7) is 3.75. The van der Waals surface area contributed by atoms with E-state index in [0.717, 1.165) is 5.56 Å². The number of aliphatic carboxylic acids is 1. The Bertz CT molecular complexity index is 371. The molecule has 0 aromatic heterocycles. The van der Waals surface area contributed by atoms with Crippen molar-refractivity contribution in [1.82, 2.24) is 0 Å². The van der Waals surface area contributed by atoms with Crippen LogP contribution in [-0.4, -0.2) is 16.7 Å². The number of benzene rings is 1. The van der Waals surface area contributed by atoms with Crippen molar-refractivity contribution < 1.29 is 14.6 Å². The molecule has 0 unspecified atom stereocenters. The molecule has 3 nitrogen and oxygen atoms in total. The molecule has 0 radical (unpaired) electrons. The maximum Gasteiger partial charge on any atom is 0.348 e. The minimum Gasteiger partial charge on any atom is -0.478 e. The van der Waals surface area contributed by atoms with Gasteiger partial charge >= 0.3 is 5.97 Å². The number of para-hydroxylation sites is 1. The van der Waals surface area contributed by atoms with Gasteiger partial charge in [-0.15, -0.1) is 0 Å². The Hall–Kier alpha value is -1.51. The standard InChI is InChI=1S/C12H14O3/c1-8(2)12(11(13)14)7-9-5-3-4-6-10(9)15-12/h3-6,8H,7H2,1-2H3,(H,13,14)/t12-/m0/s1. The minimum atomic E-state index is -1.08.